The van der Waals surface area contributed by atoms with Crippen molar-refractivity contribution in [3.05, 3.63) is 28.1 Å². The van der Waals surface area contributed by atoms with Crippen molar-refractivity contribution in [3.8, 4) is 11.3 Å². The molecule has 8 heteroatoms. The second-order valence-electron chi connectivity index (χ2n) is 3.14. The lowest BCUT2D eigenvalue weighted by Crippen LogP contribution is -1.90. The van der Waals surface area contributed by atoms with E-state index < -0.39 is 9.05 Å². The van der Waals surface area contributed by atoms with E-state index in [0.29, 0.717) is 10.8 Å². The summed E-state index contributed by atoms with van der Waals surface area (Å²) < 4.78 is 23.0. The van der Waals surface area contributed by atoms with Crippen LogP contribution >= 0.6 is 37.9 Å². The van der Waals surface area contributed by atoms with Crippen molar-refractivity contribution in [2.75, 3.05) is 5.73 Å². The number of benzene rings is 1. The zero-order valence-electron chi connectivity index (χ0n) is 8.22. The van der Waals surface area contributed by atoms with Gasteiger partial charge in [0.1, 0.15) is 0 Å². The van der Waals surface area contributed by atoms with Crippen LogP contribution in [-0.2, 0) is 9.05 Å². The van der Waals surface area contributed by atoms with E-state index in [1.54, 1.807) is 12.1 Å². The summed E-state index contributed by atoms with van der Waals surface area (Å²) >= 11 is 4.66. The lowest BCUT2D eigenvalue weighted by molar-refractivity contribution is 0.609. The van der Waals surface area contributed by atoms with E-state index in [1.165, 1.54) is 23.5 Å². The Hall–Kier alpha value is -0.630. The molecule has 0 radical (unpaired) electrons. The Labute approximate surface area is 115 Å². The molecule has 0 bridgehead atoms. The van der Waals surface area contributed by atoms with Crippen LogP contribution in [0, 0.1) is 0 Å². The summed E-state index contributed by atoms with van der Waals surface area (Å²) in [5.74, 6) is 0. The normalized spacial score (nSPS) is 11.6. The quantitative estimate of drug-likeness (QED) is 0.842. The first-order valence-corrected chi connectivity index (χ1v) is 8.27. The van der Waals surface area contributed by atoms with Crippen LogP contribution in [0.25, 0.3) is 11.3 Å². The molecule has 2 rings (SSSR count). The number of thiazole rings is 1. The Bertz CT molecular complexity index is 652. The maximum Gasteiger partial charge on any atom is 0.261 e. The van der Waals surface area contributed by atoms with Gasteiger partial charge in [-0.15, -0.1) is 0 Å². The highest BCUT2D eigenvalue weighted by Crippen LogP contribution is 2.34. The monoisotopic (exact) mass is 352 g/mol. The van der Waals surface area contributed by atoms with Gasteiger partial charge in [-0.25, -0.2) is 13.4 Å². The highest BCUT2D eigenvalue weighted by Gasteiger charge is 2.12. The van der Waals surface area contributed by atoms with Gasteiger partial charge in [-0.2, -0.15) is 0 Å². The van der Waals surface area contributed by atoms with Gasteiger partial charge in [0.15, 0.2) is 5.13 Å². The van der Waals surface area contributed by atoms with Gasteiger partial charge in [-0.05, 0) is 28.1 Å². The average Bonchev–Trinajstić information content (AvgIpc) is 2.57. The molecule has 1 heterocycles. The van der Waals surface area contributed by atoms with Crippen molar-refractivity contribution in [1.82, 2.24) is 4.98 Å². The Morgan fingerprint density at radius 2 is 1.88 bits per heavy atom. The van der Waals surface area contributed by atoms with Gasteiger partial charge < -0.3 is 5.73 Å². The molecule has 0 saturated heterocycles. The van der Waals surface area contributed by atoms with Crippen LogP contribution in [0.5, 0.6) is 0 Å². The number of halogens is 2. The fraction of sp³-hybridized carbons (Fsp3) is 0. The van der Waals surface area contributed by atoms with Crippen LogP contribution in [0.4, 0.5) is 5.13 Å². The van der Waals surface area contributed by atoms with Crippen LogP contribution in [0.1, 0.15) is 0 Å². The molecule has 0 aliphatic carbocycles. The summed E-state index contributed by atoms with van der Waals surface area (Å²) in [5.41, 5.74) is 7.03. The third-order valence-corrected chi connectivity index (χ3v) is 4.92. The number of anilines is 1. The Morgan fingerprint density at radius 1 is 1.29 bits per heavy atom. The lowest BCUT2D eigenvalue weighted by atomic mass is 10.2. The standard InChI is InChI=1S/C9H6BrClN2O2S2/c10-8-7(13-9(12)16-8)5-1-3-6(4-2-5)17(11,14)15/h1-4H,(H2,12,13). The predicted molar refractivity (Wildman–Crippen MR) is 72.7 cm³/mol. The van der Waals surface area contributed by atoms with E-state index in [9.17, 15) is 8.42 Å². The second kappa shape index (κ2) is 4.56. The first-order valence-electron chi connectivity index (χ1n) is 4.35. The minimum Gasteiger partial charge on any atom is -0.375 e. The fourth-order valence-electron chi connectivity index (χ4n) is 1.27. The smallest absolute Gasteiger partial charge is 0.261 e. The number of nitrogens with two attached hydrogens (primary N) is 1. The minimum absolute atomic E-state index is 0.0576. The fourth-order valence-corrected chi connectivity index (χ4v) is 3.44. The first kappa shape index (κ1) is 12.8. The van der Waals surface area contributed by atoms with Gasteiger partial charge in [0.2, 0.25) is 0 Å². The van der Waals surface area contributed by atoms with Crippen molar-refractivity contribution in [1.29, 1.82) is 0 Å². The molecule has 0 aliphatic heterocycles. The summed E-state index contributed by atoms with van der Waals surface area (Å²) in [6.07, 6.45) is 0. The van der Waals surface area contributed by atoms with Crippen LogP contribution in [0.15, 0.2) is 32.9 Å². The van der Waals surface area contributed by atoms with Gasteiger partial charge in [0.25, 0.3) is 9.05 Å². The third kappa shape index (κ3) is 2.79. The van der Waals surface area contributed by atoms with E-state index in [4.69, 9.17) is 16.4 Å². The SMILES string of the molecule is Nc1nc(-c2ccc(S(=O)(=O)Cl)cc2)c(Br)s1. The van der Waals surface area contributed by atoms with Crippen molar-refractivity contribution >= 4 is 52.1 Å². The van der Waals surface area contributed by atoms with Gasteiger partial charge in [-0.1, -0.05) is 23.5 Å². The number of nitrogen functional groups attached to an aromatic ring is 1. The van der Waals surface area contributed by atoms with Crippen molar-refractivity contribution < 1.29 is 8.42 Å². The second-order valence-corrected chi connectivity index (χ2v) is 8.05. The summed E-state index contributed by atoms with van der Waals surface area (Å²) in [5, 5.41) is 0.445. The maximum absolute atomic E-state index is 11.1. The summed E-state index contributed by atoms with van der Waals surface area (Å²) in [6, 6.07) is 6.13. The Balaban J connectivity index is 2.46. The zero-order chi connectivity index (χ0) is 12.6. The van der Waals surface area contributed by atoms with E-state index in [2.05, 4.69) is 20.9 Å². The Kier molecular flexibility index (Phi) is 3.44. The topological polar surface area (TPSA) is 73.0 Å². The molecular formula is C9H6BrClN2O2S2. The molecule has 2 aromatic rings. The van der Waals surface area contributed by atoms with Crippen molar-refractivity contribution in [3.63, 3.8) is 0 Å². The summed E-state index contributed by atoms with van der Waals surface area (Å²) in [4.78, 5) is 4.20. The van der Waals surface area contributed by atoms with E-state index in [0.717, 1.165) is 9.35 Å². The highest BCUT2D eigenvalue weighted by molar-refractivity contribution is 9.11. The molecule has 0 atom stereocenters. The number of hydrogen-bond donors (Lipinski definition) is 1. The predicted octanol–water partition coefficient (Wildman–Crippen LogP) is 3.08. The molecule has 4 nitrogen and oxygen atoms in total. The molecule has 0 aliphatic rings. The molecule has 1 aromatic heterocycles. The molecule has 0 spiro atoms. The third-order valence-electron chi connectivity index (χ3n) is 2.01. The van der Waals surface area contributed by atoms with Crippen molar-refractivity contribution in [2.24, 2.45) is 0 Å². The maximum atomic E-state index is 11.1. The zero-order valence-corrected chi connectivity index (χ0v) is 12.2. The van der Waals surface area contributed by atoms with E-state index >= 15 is 0 Å². The molecular weight excluding hydrogens is 348 g/mol. The first-order chi connectivity index (χ1) is 7.88. The van der Waals surface area contributed by atoms with Crippen LogP contribution in [-0.4, -0.2) is 13.4 Å². The van der Waals surface area contributed by atoms with Gasteiger partial charge in [0, 0.05) is 16.2 Å². The van der Waals surface area contributed by atoms with Crippen LogP contribution in [0.2, 0.25) is 0 Å². The Morgan fingerprint density at radius 3 is 2.29 bits per heavy atom. The van der Waals surface area contributed by atoms with Gasteiger partial charge in [0.05, 0.1) is 14.4 Å². The number of rotatable bonds is 2. The summed E-state index contributed by atoms with van der Waals surface area (Å²) in [6.45, 7) is 0. The van der Waals surface area contributed by atoms with Crippen molar-refractivity contribution in [2.45, 2.75) is 4.90 Å². The molecule has 90 valence electrons. The van der Waals surface area contributed by atoms with Gasteiger partial charge >= 0.3 is 0 Å². The number of aromatic nitrogens is 1. The van der Waals surface area contributed by atoms with Gasteiger partial charge in [-0.3, -0.25) is 0 Å². The average molecular weight is 354 g/mol. The lowest BCUT2D eigenvalue weighted by Gasteiger charge is -1.99. The molecule has 1 aromatic carbocycles. The van der Waals surface area contributed by atoms with Crippen LogP contribution in [0.3, 0.4) is 0 Å². The summed E-state index contributed by atoms with van der Waals surface area (Å²) in [7, 11) is 1.53. The molecule has 0 saturated carbocycles. The highest BCUT2D eigenvalue weighted by atomic mass is 79.9. The molecule has 0 fully saturated rings. The van der Waals surface area contributed by atoms with E-state index in [1.807, 2.05) is 0 Å². The van der Waals surface area contributed by atoms with Crippen LogP contribution < -0.4 is 5.73 Å². The number of hydrogen-bond acceptors (Lipinski definition) is 5. The largest absolute Gasteiger partial charge is 0.375 e. The molecule has 0 unspecified atom stereocenters. The number of nitrogens with zero attached hydrogens (tertiary/aromatic N) is 1. The molecule has 2 N–H and O–H groups in total. The minimum atomic E-state index is -3.69. The van der Waals surface area contributed by atoms with E-state index in [-0.39, 0.29) is 4.90 Å². The molecule has 0 amide bonds. The molecule has 17 heavy (non-hydrogen) atoms.